The van der Waals surface area contributed by atoms with Gasteiger partial charge in [0.1, 0.15) is 5.75 Å². The van der Waals surface area contributed by atoms with Gasteiger partial charge in [-0.3, -0.25) is 4.99 Å². The van der Waals surface area contributed by atoms with Crippen LogP contribution in [0.25, 0.3) is 0 Å². The van der Waals surface area contributed by atoms with Crippen LogP contribution >= 0.6 is 24.0 Å². The van der Waals surface area contributed by atoms with E-state index < -0.39 is 0 Å². The second-order valence-electron chi connectivity index (χ2n) is 7.05. The summed E-state index contributed by atoms with van der Waals surface area (Å²) in [5.41, 5.74) is 1.23. The van der Waals surface area contributed by atoms with Crippen LogP contribution < -0.4 is 15.4 Å². The number of ether oxygens (including phenoxy) is 2. The standard InChI is InChI=1S/C21H39N5O2.HI/c1-7-22-21(23-13-15-26(4)14-8-16-27-5)24-17-20(25(2)3)18-9-11-19(28-6)12-10-18;/h9-12,20H,7-8,13-17H2,1-6H3,(H2,22,23,24);1H. The molecule has 0 radical (unpaired) electrons. The molecule has 0 heterocycles. The quantitative estimate of drug-likeness (QED) is 0.180. The summed E-state index contributed by atoms with van der Waals surface area (Å²) in [6.07, 6.45) is 1.05. The Hall–Kier alpha value is -1.10. The number of nitrogens with zero attached hydrogens (tertiary/aromatic N) is 3. The Kier molecular flexibility index (Phi) is 16.0. The molecule has 0 saturated carbocycles. The zero-order chi connectivity index (χ0) is 20.8. The van der Waals surface area contributed by atoms with Gasteiger partial charge in [-0.15, -0.1) is 24.0 Å². The van der Waals surface area contributed by atoms with Gasteiger partial charge in [0.05, 0.1) is 19.7 Å². The number of likely N-dealkylation sites (N-methyl/N-ethyl adjacent to an activating group) is 2. The van der Waals surface area contributed by atoms with Gasteiger partial charge >= 0.3 is 0 Å². The molecule has 0 saturated heterocycles. The van der Waals surface area contributed by atoms with Gasteiger partial charge in [-0.1, -0.05) is 12.1 Å². The Bertz CT molecular complexity index is 555. The molecule has 0 spiro atoms. The van der Waals surface area contributed by atoms with Gasteiger partial charge < -0.3 is 29.9 Å². The molecule has 0 aliphatic heterocycles. The predicted octanol–water partition coefficient (Wildman–Crippen LogP) is 2.44. The van der Waals surface area contributed by atoms with E-state index in [9.17, 15) is 0 Å². The smallest absolute Gasteiger partial charge is 0.191 e. The lowest BCUT2D eigenvalue weighted by molar-refractivity contribution is 0.180. The monoisotopic (exact) mass is 521 g/mol. The highest BCUT2D eigenvalue weighted by Gasteiger charge is 2.14. The molecule has 0 amide bonds. The van der Waals surface area contributed by atoms with Crippen LogP contribution in [0, 0.1) is 0 Å². The molecule has 0 aromatic heterocycles. The highest BCUT2D eigenvalue weighted by atomic mass is 127. The van der Waals surface area contributed by atoms with E-state index in [1.54, 1.807) is 14.2 Å². The van der Waals surface area contributed by atoms with E-state index in [4.69, 9.17) is 14.5 Å². The average molecular weight is 521 g/mol. The van der Waals surface area contributed by atoms with Crippen LogP contribution in [0.3, 0.4) is 0 Å². The summed E-state index contributed by atoms with van der Waals surface area (Å²) in [4.78, 5) is 9.30. The molecule has 2 N–H and O–H groups in total. The van der Waals surface area contributed by atoms with Crippen molar-refractivity contribution in [1.82, 2.24) is 20.4 Å². The number of guanidine groups is 1. The van der Waals surface area contributed by atoms with Crippen LogP contribution in [0.2, 0.25) is 0 Å². The van der Waals surface area contributed by atoms with Gasteiger partial charge in [-0.05, 0) is 52.2 Å². The maximum absolute atomic E-state index is 5.26. The summed E-state index contributed by atoms with van der Waals surface area (Å²) in [6.45, 7) is 7.25. The molecule has 1 aromatic rings. The third-order valence-corrected chi connectivity index (χ3v) is 4.56. The summed E-state index contributed by atoms with van der Waals surface area (Å²) in [5.74, 6) is 1.72. The van der Waals surface area contributed by atoms with Crippen molar-refractivity contribution in [2.24, 2.45) is 4.99 Å². The van der Waals surface area contributed by atoms with Crippen LogP contribution in [-0.4, -0.2) is 90.5 Å². The van der Waals surface area contributed by atoms with Gasteiger partial charge in [0.15, 0.2) is 5.96 Å². The summed E-state index contributed by atoms with van der Waals surface area (Å²) in [5, 5.41) is 6.77. The number of aliphatic imine (C=N–C) groups is 1. The normalized spacial score (nSPS) is 12.6. The van der Waals surface area contributed by atoms with Crippen molar-refractivity contribution in [1.29, 1.82) is 0 Å². The van der Waals surface area contributed by atoms with Crippen LogP contribution in [-0.2, 0) is 4.74 Å². The summed E-state index contributed by atoms with van der Waals surface area (Å²) >= 11 is 0. The van der Waals surface area contributed by atoms with Crippen molar-refractivity contribution >= 4 is 29.9 Å². The number of rotatable bonds is 13. The van der Waals surface area contributed by atoms with E-state index in [1.807, 2.05) is 12.1 Å². The van der Waals surface area contributed by atoms with Crippen molar-refractivity contribution in [3.8, 4) is 5.75 Å². The summed E-state index contributed by atoms with van der Waals surface area (Å²) < 4.78 is 10.4. The fourth-order valence-electron chi connectivity index (χ4n) is 2.87. The first kappa shape index (κ1) is 27.9. The third kappa shape index (κ3) is 11.6. The molecule has 0 aliphatic rings. The Morgan fingerprint density at radius 3 is 2.31 bits per heavy atom. The highest BCUT2D eigenvalue weighted by Crippen LogP contribution is 2.21. The highest BCUT2D eigenvalue weighted by molar-refractivity contribution is 14.0. The van der Waals surface area contributed by atoms with Crippen molar-refractivity contribution in [3.05, 3.63) is 29.8 Å². The molecule has 8 heteroatoms. The molecule has 1 atom stereocenters. The van der Waals surface area contributed by atoms with Gasteiger partial charge in [0.2, 0.25) is 0 Å². The predicted molar refractivity (Wildman–Crippen MR) is 133 cm³/mol. The molecular weight excluding hydrogens is 481 g/mol. The van der Waals surface area contributed by atoms with Gasteiger partial charge in [0.25, 0.3) is 0 Å². The molecule has 0 aliphatic carbocycles. The summed E-state index contributed by atoms with van der Waals surface area (Å²) in [7, 11) is 9.73. The first-order valence-electron chi connectivity index (χ1n) is 10.0. The molecule has 168 valence electrons. The van der Waals surface area contributed by atoms with Gasteiger partial charge in [0, 0.05) is 39.9 Å². The maximum atomic E-state index is 5.26. The van der Waals surface area contributed by atoms with Crippen LogP contribution in [0.4, 0.5) is 0 Å². The molecule has 0 bridgehead atoms. The number of halogens is 1. The minimum absolute atomic E-state index is 0. The molecule has 0 fully saturated rings. The zero-order valence-electron chi connectivity index (χ0n) is 18.9. The number of benzene rings is 1. The lowest BCUT2D eigenvalue weighted by Gasteiger charge is -2.24. The zero-order valence-corrected chi connectivity index (χ0v) is 21.2. The van der Waals surface area contributed by atoms with E-state index in [0.717, 1.165) is 50.9 Å². The first-order valence-corrected chi connectivity index (χ1v) is 10.0. The van der Waals surface area contributed by atoms with E-state index in [0.29, 0.717) is 6.54 Å². The number of nitrogens with one attached hydrogen (secondary N) is 2. The second-order valence-corrected chi connectivity index (χ2v) is 7.05. The fraction of sp³-hybridized carbons (Fsp3) is 0.667. The van der Waals surface area contributed by atoms with E-state index in [2.05, 4.69) is 60.6 Å². The van der Waals surface area contributed by atoms with Gasteiger partial charge in [-0.25, -0.2) is 0 Å². The second kappa shape index (κ2) is 16.7. The average Bonchev–Trinajstić information content (AvgIpc) is 2.68. The lowest BCUT2D eigenvalue weighted by Crippen LogP contribution is -2.41. The van der Waals surface area contributed by atoms with Crippen molar-refractivity contribution in [2.75, 3.05) is 74.7 Å². The largest absolute Gasteiger partial charge is 0.497 e. The molecule has 1 unspecified atom stereocenters. The number of hydrogen-bond acceptors (Lipinski definition) is 5. The van der Waals surface area contributed by atoms with E-state index in [1.165, 1.54) is 5.56 Å². The Balaban J connectivity index is 0.00000784. The minimum Gasteiger partial charge on any atom is -0.497 e. The fourth-order valence-corrected chi connectivity index (χ4v) is 2.87. The molecule has 29 heavy (non-hydrogen) atoms. The topological polar surface area (TPSA) is 61.4 Å². The molecular formula is C21H40IN5O2. The van der Waals surface area contributed by atoms with Crippen molar-refractivity contribution < 1.29 is 9.47 Å². The Labute approximate surface area is 194 Å². The summed E-state index contributed by atoms with van der Waals surface area (Å²) in [6, 6.07) is 8.41. The molecule has 1 aromatic carbocycles. The number of methoxy groups -OCH3 is 2. The minimum atomic E-state index is 0. The van der Waals surface area contributed by atoms with E-state index in [-0.39, 0.29) is 30.0 Å². The Morgan fingerprint density at radius 1 is 1.07 bits per heavy atom. The maximum Gasteiger partial charge on any atom is 0.191 e. The first-order chi connectivity index (χ1) is 13.5. The lowest BCUT2D eigenvalue weighted by atomic mass is 10.1. The molecule has 1 rings (SSSR count). The van der Waals surface area contributed by atoms with E-state index >= 15 is 0 Å². The number of hydrogen-bond donors (Lipinski definition) is 2. The van der Waals surface area contributed by atoms with Crippen LogP contribution in [0.15, 0.2) is 29.3 Å². The SMILES string of the molecule is CCNC(=NCC(c1ccc(OC)cc1)N(C)C)NCCN(C)CCCOC.I. The van der Waals surface area contributed by atoms with Crippen molar-refractivity contribution in [2.45, 2.75) is 19.4 Å². The van der Waals surface area contributed by atoms with Crippen LogP contribution in [0.1, 0.15) is 24.9 Å². The van der Waals surface area contributed by atoms with Gasteiger partial charge in [-0.2, -0.15) is 0 Å². The molecule has 7 nitrogen and oxygen atoms in total. The Morgan fingerprint density at radius 2 is 1.76 bits per heavy atom. The third-order valence-electron chi connectivity index (χ3n) is 4.56. The van der Waals surface area contributed by atoms with Crippen molar-refractivity contribution in [3.63, 3.8) is 0 Å². The van der Waals surface area contributed by atoms with Crippen LogP contribution in [0.5, 0.6) is 5.75 Å².